The predicted molar refractivity (Wildman–Crippen MR) is 68.3 cm³/mol. The van der Waals surface area contributed by atoms with E-state index in [1.807, 2.05) is 0 Å². The van der Waals surface area contributed by atoms with Gasteiger partial charge in [0.2, 0.25) is 5.91 Å². The summed E-state index contributed by atoms with van der Waals surface area (Å²) in [6.45, 7) is 8.93. The Morgan fingerprint density at radius 1 is 1.38 bits per heavy atom. The minimum absolute atomic E-state index is 0.239. The number of rotatable bonds is 4. The molecule has 0 aromatic heterocycles. The Hall–Kier alpha value is -0.530. The van der Waals surface area contributed by atoms with Crippen LogP contribution in [0.2, 0.25) is 0 Å². The number of carbonyl (C=O) groups excluding carboxylic acids is 1. The molecule has 2 unspecified atom stereocenters. The molecule has 2 atom stereocenters. The molecular weight excluding hydrogens is 198 g/mol. The van der Waals surface area contributed by atoms with Crippen LogP contribution in [-0.4, -0.2) is 11.9 Å². The monoisotopic (exact) mass is 225 g/mol. The zero-order valence-electron chi connectivity index (χ0n) is 11.3. The van der Waals surface area contributed by atoms with Gasteiger partial charge in [-0.2, -0.15) is 0 Å². The van der Waals surface area contributed by atoms with Crippen molar-refractivity contribution in [3.8, 4) is 0 Å². The molecule has 2 nitrogen and oxygen atoms in total. The van der Waals surface area contributed by atoms with E-state index in [0.717, 1.165) is 12.8 Å². The van der Waals surface area contributed by atoms with Gasteiger partial charge in [0.05, 0.1) is 0 Å². The highest BCUT2D eigenvalue weighted by atomic mass is 16.1. The van der Waals surface area contributed by atoms with E-state index in [-0.39, 0.29) is 5.91 Å². The van der Waals surface area contributed by atoms with Crippen molar-refractivity contribution in [1.29, 1.82) is 0 Å². The summed E-state index contributed by atoms with van der Waals surface area (Å²) in [5, 5.41) is 3.24. The van der Waals surface area contributed by atoms with Gasteiger partial charge in [-0.1, -0.05) is 34.1 Å². The average Bonchev–Trinajstić information content (AvgIpc) is 2.17. The van der Waals surface area contributed by atoms with Crippen LogP contribution in [0.5, 0.6) is 0 Å². The fourth-order valence-corrected chi connectivity index (χ4v) is 2.80. The van der Waals surface area contributed by atoms with Gasteiger partial charge in [0.25, 0.3) is 0 Å². The van der Waals surface area contributed by atoms with E-state index in [1.54, 1.807) is 0 Å². The van der Waals surface area contributed by atoms with Crippen LogP contribution in [0.25, 0.3) is 0 Å². The average molecular weight is 225 g/mol. The Bertz CT molecular complexity index is 235. The zero-order valence-corrected chi connectivity index (χ0v) is 11.3. The Labute approximate surface area is 100 Å². The molecule has 0 heterocycles. The fraction of sp³-hybridized carbons (Fsp3) is 0.929. The summed E-state index contributed by atoms with van der Waals surface area (Å²) in [6, 6.07) is 0.410. The summed E-state index contributed by atoms with van der Waals surface area (Å²) in [7, 11) is 0. The predicted octanol–water partition coefficient (Wildman–Crippen LogP) is 3.51. The van der Waals surface area contributed by atoms with E-state index in [4.69, 9.17) is 0 Å². The zero-order chi connectivity index (χ0) is 12.2. The molecule has 94 valence electrons. The standard InChI is InChI=1S/C14H27NO/c1-5-7-13(16)15-12-10-14(3,4)9-8-11(12)6-2/h11-12H,5-10H2,1-4H3,(H,15,16). The molecule has 2 heteroatoms. The lowest BCUT2D eigenvalue weighted by Gasteiger charge is -2.41. The van der Waals surface area contributed by atoms with E-state index in [2.05, 4.69) is 33.0 Å². The molecule has 1 amide bonds. The smallest absolute Gasteiger partial charge is 0.220 e. The molecule has 0 aromatic rings. The van der Waals surface area contributed by atoms with Crippen LogP contribution >= 0.6 is 0 Å². The first-order valence-corrected chi connectivity index (χ1v) is 6.78. The summed E-state index contributed by atoms with van der Waals surface area (Å²) < 4.78 is 0. The van der Waals surface area contributed by atoms with Gasteiger partial charge in [-0.15, -0.1) is 0 Å². The third-order valence-electron chi connectivity index (χ3n) is 3.88. The lowest BCUT2D eigenvalue weighted by atomic mass is 9.69. The Balaban J connectivity index is 2.55. The molecule has 0 radical (unpaired) electrons. The maximum Gasteiger partial charge on any atom is 0.220 e. The SMILES string of the molecule is CCCC(=O)NC1CC(C)(C)CCC1CC. The van der Waals surface area contributed by atoms with Crippen LogP contribution in [0.4, 0.5) is 0 Å². The van der Waals surface area contributed by atoms with Crippen LogP contribution in [0, 0.1) is 11.3 Å². The molecule has 0 bridgehead atoms. The molecule has 0 aromatic carbocycles. The highest BCUT2D eigenvalue weighted by molar-refractivity contribution is 5.76. The lowest BCUT2D eigenvalue weighted by molar-refractivity contribution is -0.122. The van der Waals surface area contributed by atoms with E-state index in [9.17, 15) is 4.79 Å². The van der Waals surface area contributed by atoms with E-state index in [1.165, 1.54) is 19.3 Å². The Kier molecular flexibility index (Phi) is 4.82. The van der Waals surface area contributed by atoms with Crippen LogP contribution in [0.3, 0.4) is 0 Å². The van der Waals surface area contributed by atoms with Crippen LogP contribution < -0.4 is 5.32 Å². The van der Waals surface area contributed by atoms with Gasteiger partial charge in [-0.05, 0) is 37.0 Å². The number of nitrogens with one attached hydrogen (secondary N) is 1. The minimum Gasteiger partial charge on any atom is -0.353 e. The van der Waals surface area contributed by atoms with Gasteiger partial charge in [0, 0.05) is 12.5 Å². The molecule has 0 spiro atoms. The summed E-state index contributed by atoms with van der Waals surface area (Å²) in [5.74, 6) is 0.928. The molecule has 1 N–H and O–H groups in total. The molecule has 1 saturated carbocycles. The van der Waals surface area contributed by atoms with Gasteiger partial charge in [0.1, 0.15) is 0 Å². The molecule has 0 saturated heterocycles. The van der Waals surface area contributed by atoms with Crippen LogP contribution in [-0.2, 0) is 4.79 Å². The van der Waals surface area contributed by atoms with Gasteiger partial charge >= 0.3 is 0 Å². The molecule has 1 aliphatic rings. The summed E-state index contributed by atoms with van der Waals surface area (Å²) in [6.07, 6.45) is 6.51. The van der Waals surface area contributed by atoms with Crippen molar-refractivity contribution in [2.24, 2.45) is 11.3 Å². The van der Waals surface area contributed by atoms with Crippen molar-refractivity contribution in [2.45, 2.75) is 72.3 Å². The lowest BCUT2D eigenvalue weighted by Crippen LogP contribution is -2.46. The Morgan fingerprint density at radius 3 is 2.62 bits per heavy atom. The first-order valence-electron chi connectivity index (χ1n) is 6.78. The molecule has 0 aliphatic heterocycles. The first-order chi connectivity index (χ1) is 7.48. The van der Waals surface area contributed by atoms with Gasteiger partial charge in [-0.25, -0.2) is 0 Å². The molecule has 1 aliphatic carbocycles. The second-order valence-electron chi connectivity index (χ2n) is 6.00. The first kappa shape index (κ1) is 13.5. The number of hydrogen-bond donors (Lipinski definition) is 1. The summed E-state index contributed by atoms with van der Waals surface area (Å²) in [4.78, 5) is 11.7. The van der Waals surface area contributed by atoms with Crippen LogP contribution in [0.1, 0.15) is 66.2 Å². The van der Waals surface area contributed by atoms with E-state index >= 15 is 0 Å². The quantitative estimate of drug-likeness (QED) is 0.779. The maximum atomic E-state index is 11.7. The van der Waals surface area contributed by atoms with E-state index < -0.39 is 0 Å². The van der Waals surface area contributed by atoms with Crippen molar-refractivity contribution in [2.75, 3.05) is 0 Å². The topological polar surface area (TPSA) is 29.1 Å². The number of carbonyl (C=O) groups is 1. The largest absolute Gasteiger partial charge is 0.353 e. The minimum atomic E-state index is 0.239. The number of hydrogen-bond acceptors (Lipinski definition) is 1. The van der Waals surface area contributed by atoms with E-state index in [0.29, 0.717) is 23.8 Å². The Morgan fingerprint density at radius 2 is 2.06 bits per heavy atom. The second kappa shape index (κ2) is 5.70. The number of amides is 1. The maximum absolute atomic E-state index is 11.7. The highest BCUT2D eigenvalue weighted by Crippen LogP contribution is 2.39. The van der Waals surface area contributed by atoms with Gasteiger partial charge in [0.15, 0.2) is 0 Å². The fourth-order valence-electron chi connectivity index (χ4n) is 2.80. The summed E-state index contributed by atoms with van der Waals surface area (Å²) >= 11 is 0. The molecule has 1 fully saturated rings. The van der Waals surface area contributed by atoms with Crippen molar-refractivity contribution >= 4 is 5.91 Å². The third kappa shape index (κ3) is 3.80. The van der Waals surface area contributed by atoms with Gasteiger partial charge < -0.3 is 5.32 Å². The van der Waals surface area contributed by atoms with Gasteiger partial charge in [-0.3, -0.25) is 4.79 Å². The molecular formula is C14H27NO. The van der Waals surface area contributed by atoms with Crippen molar-refractivity contribution in [1.82, 2.24) is 5.32 Å². The normalized spacial score (nSPS) is 28.8. The highest BCUT2D eigenvalue weighted by Gasteiger charge is 2.34. The van der Waals surface area contributed by atoms with Crippen molar-refractivity contribution in [3.63, 3.8) is 0 Å². The third-order valence-corrected chi connectivity index (χ3v) is 3.88. The van der Waals surface area contributed by atoms with Crippen LogP contribution in [0.15, 0.2) is 0 Å². The van der Waals surface area contributed by atoms with Crippen molar-refractivity contribution < 1.29 is 4.79 Å². The molecule has 1 rings (SSSR count). The second-order valence-corrected chi connectivity index (χ2v) is 6.00. The molecule has 16 heavy (non-hydrogen) atoms. The summed E-state index contributed by atoms with van der Waals surface area (Å²) in [5.41, 5.74) is 0.399. The van der Waals surface area contributed by atoms with Crippen molar-refractivity contribution in [3.05, 3.63) is 0 Å².